The molecule has 0 saturated heterocycles. The molecule has 0 aliphatic carbocycles. The van der Waals surface area contributed by atoms with Crippen molar-refractivity contribution >= 4 is 23.4 Å². The quantitative estimate of drug-likeness (QED) is 0.534. The molecule has 4 N–H and O–H groups in total. The molecule has 20 heavy (non-hydrogen) atoms. The van der Waals surface area contributed by atoms with Crippen LogP contribution in [0, 0.1) is 6.92 Å². The monoisotopic (exact) mass is 295 g/mol. The highest BCUT2D eigenvalue weighted by molar-refractivity contribution is 8.00. The lowest BCUT2D eigenvalue weighted by molar-refractivity contribution is 0.0949. The highest BCUT2D eigenvalue weighted by atomic mass is 32.2. The highest BCUT2D eigenvalue weighted by Crippen LogP contribution is 2.29. The first-order chi connectivity index (χ1) is 9.51. The van der Waals surface area contributed by atoms with Gasteiger partial charge in [0.15, 0.2) is 0 Å². The molecule has 0 aromatic heterocycles. The Labute approximate surface area is 125 Å². The van der Waals surface area contributed by atoms with Gasteiger partial charge in [0.2, 0.25) is 0 Å². The van der Waals surface area contributed by atoms with Crippen molar-refractivity contribution in [3.8, 4) is 0 Å². The number of hydrogen-bond donors (Lipinski definition) is 3. The summed E-state index contributed by atoms with van der Waals surface area (Å²) in [5, 5.41) is 3.05. The van der Waals surface area contributed by atoms with Gasteiger partial charge in [0.05, 0.1) is 5.69 Å². The maximum Gasteiger partial charge on any atom is 0.251 e. The second-order valence-corrected chi connectivity index (χ2v) is 6.23. The largest absolute Gasteiger partial charge is 0.351 e. The summed E-state index contributed by atoms with van der Waals surface area (Å²) in [4.78, 5) is 12.2. The predicted molar refractivity (Wildman–Crippen MR) is 88.2 cm³/mol. The van der Waals surface area contributed by atoms with Gasteiger partial charge in [-0.3, -0.25) is 10.6 Å². The van der Waals surface area contributed by atoms with Crippen LogP contribution < -0.4 is 16.6 Å². The lowest BCUT2D eigenvalue weighted by Crippen LogP contribution is -2.39. The minimum Gasteiger partial charge on any atom is -0.351 e. The maximum absolute atomic E-state index is 12.2. The van der Waals surface area contributed by atoms with Crippen LogP contribution in [0.1, 0.15) is 42.6 Å². The number of rotatable bonds is 7. The normalized spacial score (nSPS) is 11.2. The van der Waals surface area contributed by atoms with Crippen molar-refractivity contribution < 1.29 is 4.79 Å². The van der Waals surface area contributed by atoms with Gasteiger partial charge in [-0.25, -0.2) is 0 Å². The lowest BCUT2D eigenvalue weighted by Gasteiger charge is -2.29. The topological polar surface area (TPSA) is 67.2 Å². The fraction of sp³-hybridized carbons (Fsp3) is 0.533. The van der Waals surface area contributed by atoms with Crippen LogP contribution in [-0.2, 0) is 0 Å². The Balaban J connectivity index is 2.74. The molecule has 4 nitrogen and oxygen atoms in total. The fourth-order valence-corrected chi connectivity index (χ4v) is 2.96. The van der Waals surface area contributed by atoms with Crippen molar-refractivity contribution in [1.29, 1.82) is 0 Å². The van der Waals surface area contributed by atoms with Crippen LogP contribution >= 0.6 is 11.8 Å². The SMILES string of the molecule is CCC(CC)(CNC(=O)c1ccc(NN)c(C)c1)SC. The van der Waals surface area contributed by atoms with E-state index in [1.165, 1.54) is 0 Å². The zero-order valence-corrected chi connectivity index (χ0v) is 13.6. The Morgan fingerprint density at radius 2 is 2.00 bits per heavy atom. The molecule has 0 heterocycles. The number of amides is 1. The van der Waals surface area contributed by atoms with Crippen molar-refractivity contribution in [3.05, 3.63) is 29.3 Å². The standard InChI is InChI=1S/C15H25N3OS/c1-5-15(6-2,20-4)10-17-14(19)12-7-8-13(18-16)11(3)9-12/h7-9,18H,5-6,10,16H2,1-4H3,(H,17,19). The van der Waals surface area contributed by atoms with E-state index in [1.807, 2.05) is 30.8 Å². The van der Waals surface area contributed by atoms with Gasteiger partial charge < -0.3 is 10.7 Å². The molecule has 0 fully saturated rings. The number of nitrogen functional groups attached to an aromatic ring is 1. The van der Waals surface area contributed by atoms with Gasteiger partial charge in [-0.1, -0.05) is 13.8 Å². The lowest BCUT2D eigenvalue weighted by atomic mass is 10.0. The molecule has 1 rings (SSSR count). The van der Waals surface area contributed by atoms with Crippen LogP contribution in [0.25, 0.3) is 0 Å². The molecule has 112 valence electrons. The van der Waals surface area contributed by atoms with E-state index < -0.39 is 0 Å². The minimum absolute atomic E-state index is 0.0306. The molecule has 5 heteroatoms. The molecule has 1 aromatic rings. The molecule has 0 saturated carbocycles. The molecule has 0 unspecified atom stereocenters. The first-order valence-corrected chi connectivity index (χ1v) is 8.15. The Hall–Kier alpha value is -1.20. The van der Waals surface area contributed by atoms with E-state index in [0.29, 0.717) is 12.1 Å². The van der Waals surface area contributed by atoms with E-state index >= 15 is 0 Å². The number of nitrogens with one attached hydrogen (secondary N) is 2. The zero-order valence-electron chi connectivity index (χ0n) is 12.7. The molecule has 0 aliphatic heterocycles. The summed E-state index contributed by atoms with van der Waals surface area (Å²) in [6.45, 7) is 6.95. The number of carbonyl (C=O) groups is 1. The third kappa shape index (κ3) is 3.90. The highest BCUT2D eigenvalue weighted by Gasteiger charge is 2.25. The second kappa shape index (κ2) is 7.55. The molecule has 1 amide bonds. The summed E-state index contributed by atoms with van der Waals surface area (Å²) in [5.74, 6) is 5.36. The number of benzene rings is 1. The molecular formula is C15H25N3OS. The van der Waals surface area contributed by atoms with Crippen LogP contribution in [0.4, 0.5) is 5.69 Å². The average Bonchev–Trinajstić information content (AvgIpc) is 2.49. The van der Waals surface area contributed by atoms with Crippen molar-refractivity contribution in [2.24, 2.45) is 5.84 Å². The van der Waals surface area contributed by atoms with Gasteiger partial charge in [0.1, 0.15) is 0 Å². The van der Waals surface area contributed by atoms with E-state index in [1.54, 1.807) is 6.07 Å². The number of aryl methyl sites for hydroxylation is 1. The van der Waals surface area contributed by atoms with Gasteiger partial charge in [0.25, 0.3) is 5.91 Å². The summed E-state index contributed by atoms with van der Waals surface area (Å²) < 4.78 is 0.128. The van der Waals surface area contributed by atoms with Crippen molar-refractivity contribution in [2.45, 2.75) is 38.4 Å². The first-order valence-electron chi connectivity index (χ1n) is 6.92. The van der Waals surface area contributed by atoms with Crippen LogP contribution in [0.3, 0.4) is 0 Å². The van der Waals surface area contributed by atoms with Crippen LogP contribution in [0.2, 0.25) is 0 Å². The van der Waals surface area contributed by atoms with E-state index in [-0.39, 0.29) is 10.7 Å². The Kier molecular flexibility index (Phi) is 6.36. The molecule has 0 bridgehead atoms. The van der Waals surface area contributed by atoms with Gasteiger partial charge in [-0.05, 0) is 49.8 Å². The maximum atomic E-state index is 12.2. The Bertz CT molecular complexity index is 450. The molecule has 0 aliphatic rings. The van der Waals surface area contributed by atoms with E-state index in [9.17, 15) is 4.79 Å². The fourth-order valence-electron chi connectivity index (χ4n) is 2.17. The van der Waals surface area contributed by atoms with Gasteiger partial charge in [-0.15, -0.1) is 0 Å². The third-order valence-electron chi connectivity index (χ3n) is 3.94. The molecule has 0 spiro atoms. The van der Waals surface area contributed by atoms with Crippen molar-refractivity contribution in [1.82, 2.24) is 5.32 Å². The van der Waals surface area contributed by atoms with Crippen LogP contribution in [0.15, 0.2) is 18.2 Å². The predicted octanol–water partition coefficient (Wildman–Crippen LogP) is 2.93. The Morgan fingerprint density at radius 3 is 2.45 bits per heavy atom. The number of nitrogens with two attached hydrogens (primary N) is 1. The molecule has 1 aromatic carbocycles. The minimum atomic E-state index is -0.0306. The van der Waals surface area contributed by atoms with E-state index in [4.69, 9.17) is 5.84 Å². The van der Waals surface area contributed by atoms with Crippen LogP contribution in [0.5, 0.6) is 0 Å². The van der Waals surface area contributed by atoms with Gasteiger partial charge in [0, 0.05) is 16.9 Å². The number of thioether (sulfide) groups is 1. The van der Waals surface area contributed by atoms with E-state index in [0.717, 1.165) is 24.1 Å². The molecular weight excluding hydrogens is 270 g/mol. The van der Waals surface area contributed by atoms with Crippen molar-refractivity contribution in [2.75, 3.05) is 18.2 Å². The molecule has 0 radical (unpaired) electrons. The number of carbonyl (C=O) groups excluding carboxylic acids is 1. The van der Waals surface area contributed by atoms with Gasteiger partial charge >= 0.3 is 0 Å². The molecule has 0 atom stereocenters. The summed E-state index contributed by atoms with van der Waals surface area (Å²) in [7, 11) is 0. The smallest absolute Gasteiger partial charge is 0.251 e. The van der Waals surface area contributed by atoms with Crippen molar-refractivity contribution in [3.63, 3.8) is 0 Å². The average molecular weight is 295 g/mol. The number of hydrogen-bond acceptors (Lipinski definition) is 4. The zero-order chi connectivity index (χ0) is 15.2. The summed E-state index contributed by atoms with van der Waals surface area (Å²) in [6.07, 6.45) is 4.19. The number of hydrazine groups is 1. The van der Waals surface area contributed by atoms with Gasteiger partial charge in [-0.2, -0.15) is 11.8 Å². The second-order valence-electron chi connectivity index (χ2n) is 4.95. The first kappa shape index (κ1) is 16.9. The van der Waals surface area contributed by atoms with Crippen LogP contribution in [-0.4, -0.2) is 23.5 Å². The van der Waals surface area contributed by atoms with E-state index in [2.05, 4.69) is 30.8 Å². The Morgan fingerprint density at radius 1 is 1.35 bits per heavy atom. The number of anilines is 1. The third-order valence-corrected chi connectivity index (χ3v) is 5.52. The summed E-state index contributed by atoms with van der Waals surface area (Å²) in [5.41, 5.74) is 5.08. The summed E-state index contributed by atoms with van der Waals surface area (Å²) >= 11 is 1.82. The summed E-state index contributed by atoms with van der Waals surface area (Å²) in [6, 6.07) is 5.46.